The molecule has 0 radical (unpaired) electrons. The number of hydrogen-bond donors (Lipinski definition) is 1. The lowest BCUT2D eigenvalue weighted by atomic mass is 10.3. The van der Waals surface area contributed by atoms with Crippen molar-refractivity contribution in [2.45, 2.75) is 4.90 Å². The van der Waals surface area contributed by atoms with Gasteiger partial charge < -0.3 is 9.47 Å². The van der Waals surface area contributed by atoms with Gasteiger partial charge in [0, 0.05) is 6.07 Å². The van der Waals surface area contributed by atoms with Crippen LogP contribution in [0.25, 0.3) is 0 Å². The van der Waals surface area contributed by atoms with Crippen LogP contribution in [0.2, 0.25) is 0 Å². The number of rotatable bonds is 5. The van der Waals surface area contributed by atoms with Gasteiger partial charge in [0.05, 0.1) is 19.1 Å². The van der Waals surface area contributed by atoms with Gasteiger partial charge in [-0.05, 0) is 12.1 Å². The molecule has 0 amide bonds. The van der Waals surface area contributed by atoms with Gasteiger partial charge in [-0.2, -0.15) is 0 Å². The molecule has 0 aromatic heterocycles. The summed E-state index contributed by atoms with van der Waals surface area (Å²) in [5.41, 5.74) is 0. The van der Waals surface area contributed by atoms with Gasteiger partial charge in [0.25, 0.3) is 0 Å². The molecule has 1 rings (SSSR count). The molecule has 7 heteroatoms. The number of hydrogen-bond acceptors (Lipinski definition) is 5. The summed E-state index contributed by atoms with van der Waals surface area (Å²) >= 11 is 3.46. The van der Waals surface area contributed by atoms with Crippen LogP contribution in [0, 0.1) is 0 Å². The minimum Gasteiger partial charge on any atom is -0.493 e. The Labute approximate surface area is 105 Å². The summed E-state index contributed by atoms with van der Waals surface area (Å²) in [7, 11) is -0.830. The van der Waals surface area contributed by atoms with Crippen LogP contribution < -0.4 is 9.47 Å². The van der Waals surface area contributed by atoms with Crippen molar-refractivity contribution < 1.29 is 22.7 Å². The molecule has 0 saturated heterocycles. The number of ether oxygens (including phenoxy) is 2. The van der Waals surface area contributed by atoms with Gasteiger partial charge in [-0.1, -0.05) is 0 Å². The number of carbonyl (C=O) groups excluding carboxylic acids is 1. The molecule has 94 valence electrons. The standard InChI is InChI=1S/C10H12O5S2/c1-14-8-4-3-7(5-9(8)15-2)17(12,13)6-10(11)16/h3-5H,6H2,1-2H3,(H,11,16). The maximum Gasteiger partial charge on any atom is 0.201 e. The largest absolute Gasteiger partial charge is 0.493 e. The van der Waals surface area contributed by atoms with E-state index >= 15 is 0 Å². The van der Waals surface area contributed by atoms with E-state index in [0.717, 1.165) is 0 Å². The Bertz CT molecular complexity index is 521. The third-order valence-corrected chi connectivity index (χ3v) is 4.01. The molecular weight excluding hydrogens is 264 g/mol. The zero-order valence-electron chi connectivity index (χ0n) is 9.34. The van der Waals surface area contributed by atoms with Crippen molar-refractivity contribution in [2.75, 3.05) is 20.0 Å². The minimum absolute atomic E-state index is 0.00227. The monoisotopic (exact) mass is 276 g/mol. The molecule has 0 fully saturated rings. The lowest BCUT2D eigenvalue weighted by Crippen LogP contribution is -2.12. The number of methoxy groups -OCH3 is 2. The molecule has 0 aliphatic rings. The molecule has 0 spiro atoms. The van der Waals surface area contributed by atoms with Crippen molar-refractivity contribution in [2.24, 2.45) is 0 Å². The summed E-state index contributed by atoms with van der Waals surface area (Å²) in [6, 6.07) is 4.13. The average molecular weight is 276 g/mol. The van der Waals surface area contributed by atoms with Crippen LogP contribution in [0.5, 0.6) is 11.5 Å². The van der Waals surface area contributed by atoms with Gasteiger partial charge in [-0.25, -0.2) is 8.42 Å². The van der Waals surface area contributed by atoms with Gasteiger partial charge >= 0.3 is 0 Å². The van der Waals surface area contributed by atoms with Crippen molar-refractivity contribution in [1.82, 2.24) is 0 Å². The topological polar surface area (TPSA) is 69.7 Å². The predicted octanol–water partition coefficient (Wildman–Crippen LogP) is 0.934. The molecule has 5 nitrogen and oxygen atoms in total. The summed E-state index contributed by atoms with van der Waals surface area (Å²) < 4.78 is 33.5. The second-order valence-corrected chi connectivity index (χ2v) is 5.66. The van der Waals surface area contributed by atoms with Crippen LogP contribution in [-0.4, -0.2) is 33.5 Å². The molecule has 0 unspecified atom stereocenters. The Morgan fingerprint density at radius 2 is 1.82 bits per heavy atom. The molecule has 0 aliphatic carbocycles. The number of carbonyl (C=O) groups is 1. The smallest absolute Gasteiger partial charge is 0.201 e. The van der Waals surface area contributed by atoms with E-state index in [1.807, 2.05) is 0 Å². The highest BCUT2D eigenvalue weighted by atomic mass is 32.2. The molecule has 0 heterocycles. The lowest BCUT2D eigenvalue weighted by molar-refractivity contribution is -0.108. The van der Waals surface area contributed by atoms with Gasteiger partial charge in [0.15, 0.2) is 21.3 Å². The molecule has 0 atom stereocenters. The third-order valence-electron chi connectivity index (χ3n) is 2.03. The van der Waals surface area contributed by atoms with E-state index in [2.05, 4.69) is 12.6 Å². The highest BCUT2D eigenvalue weighted by Gasteiger charge is 2.19. The van der Waals surface area contributed by atoms with E-state index in [0.29, 0.717) is 11.5 Å². The molecule has 0 aliphatic heterocycles. The second-order valence-electron chi connectivity index (χ2n) is 3.17. The summed E-state index contributed by atoms with van der Waals surface area (Å²) in [5.74, 6) is 0.0647. The lowest BCUT2D eigenvalue weighted by Gasteiger charge is -2.09. The molecule has 0 N–H and O–H groups in total. The zero-order chi connectivity index (χ0) is 13.1. The zero-order valence-corrected chi connectivity index (χ0v) is 11.0. The van der Waals surface area contributed by atoms with Crippen LogP contribution in [-0.2, 0) is 14.6 Å². The average Bonchev–Trinajstić information content (AvgIpc) is 2.26. The predicted molar refractivity (Wildman–Crippen MR) is 65.6 cm³/mol. The number of benzene rings is 1. The van der Waals surface area contributed by atoms with Gasteiger partial charge in [-0.3, -0.25) is 4.79 Å². The van der Waals surface area contributed by atoms with Gasteiger partial charge in [0.2, 0.25) is 5.12 Å². The van der Waals surface area contributed by atoms with E-state index in [4.69, 9.17) is 9.47 Å². The van der Waals surface area contributed by atoms with Crippen LogP contribution in [0.4, 0.5) is 0 Å². The fourth-order valence-electron chi connectivity index (χ4n) is 1.26. The SMILES string of the molecule is COc1ccc(S(=O)(=O)CC(=O)S)cc1OC. The fourth-order valence-corrected chi connectivity index (χ4v) is 2.82. The Kier molecular flexibility index (Phi) is 4.41. The fraction of sp³-hybridized carbons (Fsp3) is 0.300. The molecule has 0 saturated carbocycles. The number of thiol groups is 1. The Hall–Kier alpha value is -1.21. The summed E-state index contributed by atoms with van der Waals surface area (Å²) in [6.07, 6.45) is 0. The van der Waals surface area contributed by atoms with E-state index in [1.165, 1.54) is 32.4 Å². The second kappa shape index (κ2) is 5.42. The van der Waals surface area contributed by atoms with Crippen LogP contribution in [0.3, 0.4) is 0 Å². The first-order valence-electron chi connectivity index (χ1n) is 4.57. The quantitative estimate of drug-likeness (QED) is 0.810. The van der Waals surface area contributed by atoms with E-state index in [9.17, 15) is 13.2 Å². The van der Waals surface area contributed by atoms with E-state index in [1.54, 1.807) is 0 Å². The van der Waals surface area contributed by atoms with Crippen molar-refractivity contribution in [3.8, 4) is 11.5 Å². The minimum atomic E-state index is -3.68. The molecule has 0 bridgehead atoms. The van der Waals surface area contributed by atoms with Crippen LogP contribution in [0.1, 0.15) is 0 Å². The van der Waals surface area contributed by atoms with Crippen molar-refractivity contribution in [1.29, 1.82) is 0 Å². The maximum atomic E-state index is 11.7. The van der Waals surface area contributed by atoms with E-state index < -0.39 is 20.7 Å². The maximum absolute atomic E-state index is 11.7. The number of sulfone groups is 1. The first-order chi connectivity index (χ1) is 7.90. The normalized spacial score (nSPS) is 11.0. The molecule has 1 aromatic carbocycles. The summed E-state index contributed by atoms with van der Waals surface area (Å²) in [5, 5.41) is -0.709. The Morgan fingerprint density at radius 1 is 1.24 bits per heavy atom. The molecule has 1 aromatic rings. The Balaban J connectivity index is 3.20. The summed E-state index contributed by atoms with van der Waals surface area (Å²) in [6.45, 7) is 0. The first kappa shape index (κ1) is 13.9. The van der Waals surface area contributed by atoms with Crippen LogP contribution in [0.15, 0.2) is 23.1 Å². The molecule has 17 heavy (non-hydrogen) atoms. The van der Waals surface area contributed by atoms with Crippen molar-refractivity contribution >= 4 is 27.6 Å². The van der Waals surface area contributed by atoms with Crippen molar-refractivity contribution in [3.05, 3.63) is 18.2 Å². The van der Waals surface area contributed by atoms with Crippen molar-refractivity contribution in [3.63, 3.8) is 0 Å². The molecular formula is C10H12O5S2. The third kappa shape index (κ3) is 3.37. The first-order valence-corrected chi connectivity index (χ1v) is 6.67. The highest BCUT2D eigenvalue weighted by Crippen LogP contribution is 2.29. The van der Waals surface area contributed by atoms with E-state index in [-0.39, 0.29) is 4.90 Å². The Morgan fingerprint density at radius 3 is 2.29 bits per heavy atom. The highest BCUT2D eigenvalue weighted by molar-refractivity contribution is 8.01. The van der Waals surface area contributed by atoms with Crippen LogP contribution >= 0.6 is 12.6 Å². The van der Waals surface area contributed by atoms with Gasteiger partial charge in [0.1, 0.15) is 5.75 Å². The summed E-state index contributed by atoms with van der Waals surface area (Å²) in [4.78, 5) is 10.7. The van der Waals surface area contributed by atoms with Gasteiger partial charge in [-0.15, -0.1) is 12.6 Å².